The quantitative estimate of drug-likeness (QED) is 0.600. The monoisotopic (exact) mass is 184 g/mol. The SMILES string of the molecule is CNC(=O)NC1CCCCCC1C. The number of rotatable bonds is 1. The average molecular weight is 184 g/mol. The second kappa shape index (κ2) is 5.10. The Balaban J connectivity index is 2.40. The van der Waals surface area contributed by atoms with Crippen molar-refractivity contribution in [3.05, 3.63) is 0 Å². The first-order chi connectivity index (χ1) is 6.24. The van der Waals surface area contributed by atoms with Crippen molar-refractivity contribution in [1.29, 1.82) is 0 Å². The van der Waals surface area contributed by atoms with Crippen LogP contribution in [0.5, 0.6) is 0 Å². The van der Waals surface area contributed by atoms with Crippen LogP contribution in [0.25, 0.3) is 0 Å². The third kappa shape index (κ3) is 3.25. The molecule has 2 N–H and O–H groups in total. The van der Waals surface area contributed by atoms with Crippen molar-refractivity contribution in [2.75, 3.05) is 7.05 Å². The minimum absolute atomic E-state index is 0.0428. The molecule has 3 heteroatoms. The van der Waals surface area contributed by atoms with E-state index in [4.69, 9.17) is 0 Å². The van der Waals surface area contributed by atoms with E-state index < -0.39 is 0 Å². The molecule has 2 atom stereocenters. The fourth-order valence-electron chi connectivity index (χ4n) is 1.95. The topological polar surface area (TPSA) is 41.1 Å². The van der Waals surface area contributed by atoms with E-state index >= 15 is 0 Å². The molecule has 2 amide bonds. The second-order valence-electron chi connectivity index (χ2n) is 3.95. The molecule has 0 radical (unpaired) electrons. The van der Waals surface area contributed by atoms with E-state index in [1.807, 2.05) is 0 Å². The summed E-state index contributed by atoms with van der Waals surface area (Å²) in [6, 6.07) is 0.334. The fraction of sp³-hybridized carbons (Fsp3) is 0.900. The molecule has 0 aliphatic heterocycles. The van der Waals surface area contributed by atoms with Gasteiger partial charge >= 0.3 is 6.03 Å². The highest BCUT2D eigenvalue weighted by Gasteiger charge is 2.20. The Morgan fingerprint density at radius 3 is 2.62 bits per heavy atom. The molecule has 0 bridgehead atoms. The zero-order valence-electron chi connectivity index (χ0n) is 8.60. The third-order valence-corrected chi connectivity index (χ3v) is 2.91. The van der Waals surface area contributed by atoms with Crippen LogP contribution in [-0.4, -0.2) is 19.1 Å². The molecule has 1 aliphatic rings. The van der Waals surface area contributed by atoms with Crippen LogP contribution < -0.4 is 10.6 Å². The van der Waals surface area contributed by atoms with Crippen molar-refractivity contribution in [2.45, 2.75) is 45.1 Å². The molecule has 3 nitrogen and oxygen atoms in total. The van der Waals surface area contributed by atoms with E-state index in [1.165, 1.54) is 25.7 Å². The number of carbonyl (C=O) groups is 1. The van der Waals surface area contributed by atoms with Gasteiger partial charge in [-0.05, 0) is 18.8 Å². The van der Waals surface area contributed by atoms with Crippen LogP contribution in [-0.2, 0) is 0 Å². The van der Waals surface area contributed by atoms with E-state index in [0.717, 1.165) is 6.42 Å². The van der Waals surface area contributed by atoms with E-state index in [9.17, 15) is 4.79 Å². The largest absolute Gasteiger partial charge is 0.341 e. The summed E-state index contributed by atoms with van der Waals surface area (Å²) in [6.07, 6.45) is 6.26. The Morgan fingerprint density at radius 1 is 1.23 bits per heavy atom. The number of urea groups is 1. The van der Waals surface area contributed by atoms with Gasteiger partial charge in [-0.25, -0.2) is 4.79 Å². The first-order valence-corrected chi connectivity index (χ1v) is 5.22. The zero-order valence-corrected chi connectivity index (χ0v) is 8.60. The molecule has 1 fully saturated rings. The molecular formula is C10H20N2O. The van der Waals surface area contributed by atoms with E-state index in [2.05, 4.69) is 17.6 Å². The molecule has 76 valence electrons. The molecule has 0 aromatic rings. The van der Waals surface area contributed by atoms with Crippen molar-refractivity contribution < 1.29 is 4.79 Å². The number of hydrogen-bond acceptors (Lipinski definition) is 1. The molecule has 0 saturated heterocycles. The molecule has 0 aromatic heterocycles. The van der Waals surface area contributed by atoms with Crippen LogP contribution in [0.2, 0.25) is 0 Å². The fourth-order valence-corrected chi connectivity index (χ4v) is 1.95. The van der Waals surface area contributed by atoms with E-state index in [0.29, 0.717) is 12.0 Å². The summed E-state index contributed by atoms with van der Waals surface area (Å²) in [5.41, 5.74) is 0. The number of hydrogen-bond donors (Lipinski definition) is 2. The van der Waals surface area contributed by atoms with Crippen molar-refractivity contribution in [1.82, 2.24) is 10.6 Å². The number of nitrogens with one attached hydrogen (secondary N) is 2. The molecular weight excluding hydrogens is 164 g/mol. The molecule has 1 saturated carbocycles. The molecule has 2 unspecified atom stereocenters. The van der Waals surface area contributed by atoms with Crippen LogP contribution in [0, 0.1) is 5.92 Å². The van der Waals surface area contributed by atoms with Crippen LogP contribution >= 0.6 is 0 Å². The summed E-state index contributed by atoms with van der Waals surface area (Å²) in [5, 5.41) is 5.61. The third-order valence-electron chi connectivity index (χ3n) is 2.91. The van der Waals surface area contributed by atoms with Gasteiger partial charge in [0.2, 0.25) is 0 Å². The molecule has 0 spiro atoms. The minimum Gasteiger partial charge on any atom is -0.341 e. The summed E-state index contributed by atoms with van der Waals surface area (Å²) in [4.78, 5) is 11.1. The van der Waals surface area contributed by atoms with Crippen molar-refractivity contribution in [3.8, 4) is 0 Å². The maximum atomic E-state index is 11.1. The molecule has 13 heavy (non-hydrogen) atoms. The maximum Gasteiger partial charge on any atom is 0.314 e. The van der Waals surface area contributed by atoms with Gasteiger partial charge in [0.05, 0.1) is 0 Å². The van der Waals surface area contributed by atoms with Gasteiger partial charge in [0, 0.05) is 13.1 Å². The predicted octanol–water partition coefficient (Wildman–Crippen LogP) is 1.88. The lowest BCUT2D eigenvalue weighted by Crippen LogP contribution is -2.43. The van der Waals surface area contributed by atoms with Crippen molar-refractivity contribution in [2.24, 2.45) is 5.92 Å². The first kappa shape index (κ1) is 10.4. The Hall–Kier alpha value is -0.730. The van der Waals surface area contributed by atoms with Gasteiger partial charge in [-0.3, -0.25) is 0 Å². The highest BCUT2D eigenvalue weighted by Crippen LogP contribution is 2.22. The summed E-state index contributed by atoms with van der Waals surface area (Å²) in [5.74, 6) is 0.625. The normalized spacial score (nSPS) is 29.1. The predicted molar refractivity (Wildman–Crippen MR) is 53.6 cm³/mol. The van der Waals surface area contributed by atoms with Crippen LogP contribution in [0.1, 0.15) is 39.0 Å². The van der Waals surface area contributed by atoms with Gasteiger partial charge in [-0.15, -0.1) is 0 Å². The molecule has 1 aliphatic carbocycles. The Labute approximate surface area is 80.3 Å². The van der Waals surface area contributed by atoms with Gasteiger partial charge in [-0.2, -0.15) is 0 Å². The minimum atomic E-state index is -0.0428. The summed E-state index contributed by atoms with van der Waals surface area (Å²) in [7, 11) is 1.66. The molecule has 1 rings (SSSR count). The zero-order chi connectivity index (χ0) is 9.68. The van der Waals surface area contributed by atoms with Gasteiger partial charge in [0.25, 0.3) is 0 Å². The van der Waals surface area contributed by atoms with E-state index in [-0.39, 0.29) is 6.03 Å². The summed E-state index contributed by atoms with van der Waals surface area (Å²) in [6.45, 7) is 2.23. The highest BCUT2D eigenvalue weighted by atomic mass is 16.2. The lowest BCUT2D eigenvalue weighted by molar-refractivity contribution is 0.232. The lowest BCUT2D eigenvalue weighted by Gasteiger charge is -2.22. The number of carbonyl (C=O) groups excluding carboxylic acids is 1. The van der Waals surface area contributed by atoms with E-state index in [1.54, 1.807) is 7.05 Å². The highest BCUT2D eigenvalue weighted by molar-refractivity contribution is 5.73. The van der Waals surface area contributed by atoms with Gasteiger partial charge in [0.1, 0.15) is 0 Å². The lowest BCUT2D eigenvalue weighted by atomic mass is 9.97. The van der Waals surface area contributed by atoms with Crippen LogP contribution in [0.15, 0.2) is 0 Å². The Kier molecular flexibility index (Phi) is 4.06. The van der Waals surface area contributed by atoms with Crippen molar-refractivity contribution >= 4 is 6.03 Å². The summed E-state index contributed by atoms with van der Waals surface area (Å²) >= 11 is 0. The standard InChI is InChI=1S/C10H20N2O/c1-8-6-4-3-5-7-9(8)12-10(13)11-2/h8-9H,3-7H2,1-2H3,(H2,11,12,13). The maximum absolute atomic E-state index is 11.1. The van der Waals surface area contributed by atoms with Gasteiger partial charge < -0.3 is 10.6 Å². The van der Waals surface area contributed by atoms with Crippen LogP contribution in [0.4, 0.5) is 4.79 Å². The molecule has 0 aromatic carbocycles. The molecule has 0 heterocycles. The van der Waals surface area contributed by atoms with Crippen LogP contribution in [0.3, 0.4) is 0 Å². The average Bonchev–Trinajstić information content (AvgIpc) is 2.32. The summed E-state index contributed by atoms with van der Waals surface area (Å²) < 4.78 is 0. The smallest absolute Gasteiger partial charge is 0.314 e. The van der Waals surface area contributed by atoms with Gasteiger partial charge in [-0.1, -0.05) is 26.2 Å². The Morgan fingerprint density at radius 2 is 1.92 bits per heavy atom. The number of amides is 2. The van der Waals surface area contributed by atoms with Gasteiger partial charge in [0.15, 0.2) is 0 Å². The van der Waals surface area contributed by atoms with Crippen molar-refractivity contribution in [3.63, 3.8) is 0 Å². The Bertz CT molecular complexity index is 170. The first-order valence-electron chi connectivity index (χ1n) is 5.22. The second-order valence-corrected chi connectivity index (χ2v) is 3.95.